The molecule has 0 unspecified atom stereocenters. The average molecular weight is 591 g/mol. The molecule has 1 heterocycles. The summed E-state index contributed by atoms with van der Waals surface area (Å²) in [4.78, 5) is 5.01. The molecule has 220 valence electrons. The zero-order chi connectivity index (χ0) is 30.8. The molecule has 2 heteroatoms. The fraction of sp³-hybridized carbons (Fsp3) is 0.114. The van der Waals surface area contributed by atoms with Gasteiger partial charge in [-0.1, -0.05) is 153 Å². The first kappa shape index (κ1) is 26.9. The molecule has 6 aromatic carbocycles. The molecule has 0 fully saturated rings. The van der Waals surface area contributed by atoms with E-state index in [1.54, 1.807) is 0 Å². The lowest BCUT2D eigenvalue weighted by atomic mass is 9.82. The summed E-state index contributed by atoms with van der Waals surface area (Å²) in [6.07, 6.45) is 4.12. The maximum Gasteiger partial charge on any atom is 0.144 e. The Bertz CT molecular complexity index is 2050. The van der Waals surface area contributed by atoms with Gasteiger partial charge in [-0.2, -0.15) is 0 Å². The van der Waals surface area contributed by atoms with E-state index < -0.39 is 0 Å². The molecule has 46 heavy (non-hydrogen) atoms. The van der Waals surface area contributed by atoms with Gasteiger partial charge in [0.1, 0.15) is 5.82 Å². The van der Waals surface area contributed by atoms with Crippen LogP contribution in [-0.4, -0.2) is 9.55 Å². The normalized spacial score (nSPS) is 13.5. The van der Waals surface area contributed by atoms with Crippen LogP contribution in [0.15, 0.2) is 152 Å². The van der Waals surface area contributed by atoms with Crippen molar-refractivity contribution in [3.63, 3.8) is 0 Å². The van der Waals surface area contributed by atoms with Crippen molar-refractivity contribution in [1.29, 1.82) is 0 Å². The number of para-hydroxylation sites is 1. The molecule has 1 aromatic heterocycles. The molecule has 2 nitrogen and oxygen atoms in total. The van der Waals surface area contributed by atoms with E-state index in [0.717, 1.165) is 11.4 Å². The molecule has 0 saturated carbocycles. The monoisotopic (exact) mass is 590 g/mol. The van der Waals surface area contributed by atoms with Crippen LogP contribution in [0.1, 0.15) is 70.5 Å². The highest BCUT2D eigenvalue weighted by Gasteiger charge is 2.36. The van der Waals surface area contributed by atoms with Gasteiger partial charge in [0.2, 0.25) is 0 Å². The number of hydrogen-bond donors (Lipinski definition) is 0. The summed E-state index contributed by atoms with van der Waals surface area (Å²) in [5.41, 5.74) is 17.0. The molecule has 0 radical (unpaired) electrons. The van der Waals surface area contributed by atoms with Crippen molar-refractivity contribution in [3.8, 4) is 39.3 Å². The van der Waals surface area contributed by atoms with Crippen molar-refractivity contribution in [3.05, 3.63) is 191 Å². The predicted molar refractivity (Wildman–Crippen MR) is 189 cm³/mol. The lowest BCUT2D eigenvalue weighted by molar-refractivity contribution is 0.866. The standard InChI is InChI=1S/C44H34N2/c1-28(2)29-22-24-30(25-23-29)44-45-26-27-46(44)43-39(41-35-16-7-3-12-31(35)32-13-4-8-17-36(32)41)20-11-21-40(43)42-37-18-9-5-14-33(37)34-15-6-10-19-38(34)42/h3-28,41-42H,1-2H3. The molecule has 7 aromatic rings. The lowest BCUT2D eigenvalue weighted by Crippen LogP contribution is -2.12. The number of imidazole rings is 1. The largest absolute Gasteiger partial charge is 0.299 e. The van der Waals surface area contributed by atoms with Crippen LogP contribution in [0.2, 0.25) is 0 Å². The van der Waals surface area contributed by atoms with Gasteiger partial charge in [-0.25, -0.2) is 4.98 Å². The second-order valence-corrected chi connectivity index (χ2v) is 12.9. The molecular formula is C44H34N2. The zero-order valence-electron chi connectivity index (χ0n) is 26.1. The quantitative estimate of drug-likeness (QED) is 0.195. The SMILES string of the molecule is CC(C)c1ccc(-c2nccn2-c2c(C3c4ccccc4-c4ccccc43)cccc2C2c3ccccc3-c3ccccc32)cc1. The number of fused-ring (bicyclic) bond motifs is 6. The number of benzene rings is 6. The minimum atomic E-state index is 0.104. The summed E-state index contributed by atoms with van der Waals surface area (Å²) in [6, 6.07) is 51.7. The van der Waals surface area contributed by atoms with Gasteiger partial charge in [0.15, 0.2) is 0 Å². The smallest absolute Gasteiger partial charge is 0.144 e. The van der Waals surface area contributed by atoms with Crippen molar-refractivity contribution < 1.29 is 0 Å². The maximum absolute atomic E-state index is 5.01. The fourth-order valence-corrected chi connectivity index (χ4v) is 8.02. The lowest BCUT2D eigenvalue weighted by Gasteiger charge is -2.26. The first-order valence-electron chi connectivity index (χ1n) is 16.3. The summed E-state index contributed by atoms with van der Waals surface area (Å²) in [5, 5.41) is 0. The van der Waals surface area contributed by atoms with Gasteiger partial charge in [0.05, 0.1) is 5.69 Å². The van der Waals surface area contributed by atoms with Gasteiger partial charge in [-0.3, -0.25) is 4.57 Å². The van der Waals surface area contributed by atoms with Crippen LogP contribution >= 0.6 is 0 Å². The molecule has 0 saturated heterocycles. The summed E-state index contributed by atoms with van der Waals surface area (Å²) >= 11 is 0. The fourth-order valence-electron chi connectivity index (χ4n) is 8.02. The minimum absolute atomic E-state index is 0.104. The van der Waals surface area contributed by atoms with Gasteiger partial charge >= 0.3 is 0 Å². The van der Waals surface area contributed by atoms with Crippen molar-refractivity contribution in [2.24, 2.45) is 0 Å². The van der Waals surface area contributed by atoms with Crippen molar-refractivity contribution in [1.82, 2.24) is 9.55 Å². The molecule has 2 aliphatic carbocycles. The molecule has 0 amide bonds. The number of hydrogen-bond acceptors (Lipinski definition) is 1. The highest BCUT2D eigenvalue weighted by Crippen LogP contribution is 2.53. The predicted octanol–water partition coefficient (Wildman–Crippen LogP) is 11.0. The van der Waals surface area contributed by atoms with Crippen LogP contribution in [0.5, 0.6) is 0 Å². The van der Waals surface area contributed by atoms with E-state index in [1.807, 2.05) is 6.20 Å². The minimum Gasteiger partial charge on any atom is -0.299 e. The Labute approximate surface area is 270 Å². The van der Waals surface area contributed by atoms with E-state index in [0.29, 0.717) is 5.92 Å². The van der Waals surface area contributed by atoms with E-state index in [9.17, 15) is 0 Å². The third-order valence-corrected chi connectivity index (χ3v) is 10.1. The molecular weight excluding hydrogens is 556 g/mol. The Balaban J connectivity index is 1.34. The van der Waals surface area contributed by atoms with Crippen LogP contribution in [0.3, 0.4) is 0 Å². The second kappa shape index (κ2) is 10.6. The third-order valence-electron chi connectivity index (χ3n) is 10.1. The van der Waals surface area contributed by atoms with Gasteiger partial charge < -0.3 is 0 Å². The Morgan fingerprint density at radius 1 is 0.478 bits per heavy atom. The second-order valence-electron chi connectivity index (χ2n) is 12.9. The highest BCUT2D eigenvalue weighted by molar-refractivity contribution is 5.84. The van der Waals surface area contributed by atoms with Crippen molar-refractivity contribution in [2.45, 2.75) is 31.6 Å². The molecule has 0 atom stereocenters. The van der Waals surface area contributed by atoms with Gasteiger partial charge in [-0.15, -0.1) is 0 Å². The summed E-state index contributed by atoms with van der Waals surface area (Å²) in [7, 11) is 0. The summed E-state index contributed by atoms with van der Waals surface area (Å²) in [6.45, 7) is 4.49. The zero-order valence-corrected chi connectivity index (χ0v) is 26.1. The first-order chi connectivity index (χ1) is 22.7. The summed E-state index contributed by atoms with van der Waals surface area (Å²) < 4.78 is 2.36. The van der Waals surface area contributed by atoms with Crippen molar-refractivity contribution in [2.75, 3.05) is 0 Å². The summed E-state index contributed by atoms with van der Waals surface area (Å²) in [5.74, 6) is 1.65. The van der Waals surface area contributed by atoms with Crippen LogP contribution in [0.25, 0.3) is 39.3 Å². The molecule has 0 spiro atoms. The molecule has 2 aliphatic rings. The van der Waals surface area contributed by atoms with E-state index in [2.05, 4.69) is 164 Å². The van der Waals surface area contributed by atoms with E-state index >= 15 is 0 Å². The Hall–Kier alpha value is -5.47. The maximum atomic E-state index is 5.01. The number of rotatable bonds is 5. The number of aromatic nitrogens is 2. The topological polar surface area (TPSA) is 17.8 Å². The molecule has 9 rings (SSSR count). The Kier molecular flexibility index (Phi) is 6.18. The van der Waals surface area contributed by atoms with Crippen LogP contribution in [0, 0.1) is 0 Å². The van der Waals surface area contributed by atoms with E-state index in [-0.39, 0.29) is 11.8 Å². The Morgan fingerprint density at radius 3 is 1.33 bits per heavy atom. The van der Waals surface area contributed by atoms with Crippen molar-refractivity contribution >= 4 is 0 Å². The highest BCUT2D eigenvalue weighted by atomic mass is 15.1. The van der Waals surface area contributed by atoms with Gasteiger partial charge in [0.25, 0.3) is 0 Å². The molecule has 0 aliphatic heterocycles. The Morgan fingerprint density at radius 2 is 0.891 bits per heavy atom. The number of nitrogens with zero attached hydrogens (tertiary/aromatic N) is 2. The first-order valence-corrected chi connectivity index (χ1v) is 16.3. The van der Waals surface area contributed by atoms with E-state index in [4.69, 9.17) is 4.98 Å². The van der Waals surface area contributed by atoms with Gasteiger partial charge in [0, 0.05) is 29.8 Å². The average Bonchev–Trinajstić information content (AvgIpc) is 3.81. The van der Waals surface area contributed by atoms with Gasteiger partial charge in [-0.05, 0) is 67.1 Å². The van der Waals surface area contributed by atoms with Crippen LogP contribution < -0.4 is 0 Å². The molecule has 0 bridgehead atoms. The molecule has 0 N–H and O–H groups in total. The third kappa shape index (κ3) is 4.00. The van der Waals surface area contributed by atoms with Crippen LogP contribution in [-0.2, 0) is 0 Å². The van der Waals surface area contributed by atoms with E-state index in [1.165, 1.54) is 66.9 Å². The van der Waals surface area contributed by atoms with Crippen LogP contribution in [0.4, 0.5) is 0 Å².